The first kappa shape index (κ1) is 29.6. The number of aromatic hydroxyl groups is 1. The molecule has 1 spiro atoms. The number of urea groups is 1. The van der Waals surface area contributed by atoms with Crippen LogP contribution in [0.3, 0.4) is 0 Å². The summed E-state index contributed by atoms with van der Waals surface area (Å²) in [5.74, 6) is 1.07. The second kappa shape index (κ2) is 10.9. The van der Waals surface area contributed by atoms with Crippen molar-refractivity contribution in [2.75, 3.05) is 44.2 Å². The Hall–Kier alpha value is -4.83. The molecule has 2 amide bonds. The summed E-state index contributed by atoms with van der Waals surface area (Å²) in [5, 5.41) is 17.4. The Balaban J connectivity index is 1.27. The topological polar surface area (TPSA) is 116 Å². The summed E-state index contributed by atoms with van der Waals surface area (Å²) >= 11 is 0. The number of anilines is 1. The zero-order valence-electron chi connectivity index (χ0n) is 25.5. The first-order valence-electron chi connectivity index (χ1n) is 15.8. The van der Waals surface area contributed by atoms with Gasteiger partial charge in [0.25, 0.3) is 0 Å². The molecule has 4 aliphatic rings. The highest BCUT2D eigenvalue weighted by Crippen LogP contribution is 2.42. The monoisotopic (exact) mass is 643 g/mol. The van der Waals surface area contributed by atoms with E-state index in [1.165, 1.54) is 30.5 Å². The van der Waals surface area contributed by atoms with Gasteiger partial charge < -0.3 is 25.4 Å². The highest BCUT2D eigenvalue weighted by Gasteiger charge is 2.49. The summed E-state index contributed by atoms with van der Waals surface area (Å²) in [7, 11) is 0. The number of terminal acetylenes is 1. The van der Waals surface area contributed by atoms with E-state index in [4.69, 9.17) is 16.1 Å². The average molecular weight is 644 g/mol. The Kier molecular flexibility index (Phi) is 6.84. The van der Waals surface area contributed by atoms with Gasteiger partial charge in [-0.05, 0) is 55.8 Å². The number of carbonyl (C=O) groups excluding carboxylic acids is 1. The van der Waals surface area contributed by atoms with Gasteiger partial charge in [0.2, 0.25) is 0 Å². The van der Waals surface area contributed by atoms with Gasteiger partial charge in [-0.25, -0.2) is 18.0 Å². The van der Waals surface area contributed by atoms with Crippen molar-refractivity contribution in [3.8, 4) is 35.4 Å². The standard InChI is InChI=1S/C34H32F3N7O3/c1-2-22-25(36)6-5-19-11-21(45)12-23(26(19)22)28-27(37)29-24(14-38-28)30(43-9-3-7-33(17-43)16-39-31(46)42-33)41-32(40-29)47-18-34-8-4-10-44(34)15-20(35)13-34/h1,5-6,11-12,14,20,45H,3-4,7-10,13,15-18H2,(H2,39,42,46)/t20-,33?,34+/m1/s1. The predicted molar refractivity (Wildman–Crippen MR) is 169 cm³/mol. The molecule has 0 radical (unpaired) electrons. The van der Waals surface area contributed by atoms with E-state index in [1.807, 2.05) is 4.90 Å². The van der Waals surface area contributed by atoms with Crippen LogP contribution in [0.5, 0.6) is 11.8 Å². The van der Waals surface area contributed by atoms with E-state index in [0.717, 1.165) is 32.2 Å². The molecule has 10 nitrogen and oxygen atoms in total. The number of nitrogens with one attached hydrogen (secondary N) is 2. The van der Waals surface area contributed by atoms with E-state index in [0.29, 0.717) is 49.2 Å². The molecule has 8 rings (SSSR count). The number of fused-ring (bicyclic) bond motifs is 3. The highest BCUT2D eigenvalue weighted by molar-refractivity contribution is 6.03. The Morgan fingerprint density at radius 3 is 2.83 bits per heavy atom. The van der Waals surface area contributed by atoms with E-state index in [2.05, 4.69) is 31.4 Å². The van der Waals surface area contributed by atoms with Crippen molar-refractivity contribution in [2.24, 2.45) is 0 Å². The molecule has 1 unspecified atom stereocenters. The van der Waals surface area contributed by atoms with Crippen LogP contribution in [0.1, 0.15) is 37.7 Å². The summed E-state index contributed by atoms with van der Waals surface area (Å²) < 4.78 is 52.4. The summed E-state index contributed by atoms with van der Waals surface area (Å²) in [6, 6.07) is 5.05. The molecule has 4 saturated heterocycles. The number of amides is 2. The third-order valence-corrected chi connectivity index (χ3v) is 10.2. The zero-order valence-corrected chi connectivity index (χ0v) is 25.5. The number of halogens is 3. The summed E-state index contributed by atoms with van der Waals surface area (Å²) in [6.07, 6.45) is 9.71. The maximum absolute atomic E-state index is 16.9. The number of phenolic OH excluding ortho intramolecular Hbond substituents is 1. The van der Waals surface area contributed by atoms with Gasteiger partial charge in [0, 0.05) is 49.7 Å². The number of phenols is 1. The van der Waals surface area contributed by atoms with Crippen LogP contribution < -0.4 is 20.3 Å². The van der Waals surface area contributed by atoms with Crippen molar-refractivity contribution in [1.29, 1.82) is 0 Å². The second-order valence-corrected chi connectivity index (χ2v) is 13.1. The molecule has 6 heterocycles. The average Bonchev–Trinajstić information content (AvgIpc) is 3.71. The predicted octanol–water partition coefficient (Wildman–Crippen LogP) is 4.42. The number of ether oxygens (including phenoxy) is 1. The lowest BCUT2D eigenvalue weighted by Crippen LogP contribution is -2.56. The van der Waals surface area contributed by atoms with Crippen LogP contribution in [0.2, 0.25) is 0 Å². The van der Waals surface area contributed by atoms with Crippen LogP contribution in [0.25, 0.3) is 32.9 Å². The first-order chi connectivity index (χ1) is 22.7. The minimum atomic E-state index is -0.951. The largest absolute Gasteiger partial charge is 0.508 e. The quantitative estimate of drug-likeness (QED) is 0.274. The SMILES string of the molecule is C#Cc1c(F)ccc2cc(O)cc(-c3ncc4c(N5CCCC6(CNC(=O)N6)C5)nc(OC[C@@]56CCCN5C[C@H](F)C6)nc4c3F)c12. The molecular formula is C34H32F3N7O3. The number of alkyl halides is 1. The van der Waals surface area contributed by atoms with E-state index in [9.17, 15) is 18.7 Å². The van der Waals surface area contributed by atoms with Crippen LogP contribution >= 0.6 is 0 Å². The number of carbonyl (C=O) groups is 1. The van der Waals surface area contributed by atoms with Gasteiger partial charge in [0.1, 0.15) is 41.4 Å². The number of nitrogens with zero attached hydrogens (tertiary/aromatic N) is 5. The van der Waals surface area contributed by atoms with Gasteiger partial charge in [0.05, 0.1) is 22.0 Å². The van der Waals surface area contributed by atoms with Gasteiger partial charge in [-0.1, -0.05) is 12.0 Å². The molecule has 3 N–H and O–H groups in total. The minimum absolute atomic E-state index is 0.0728. The molecule has 3 atom stereocenters. The maximum atomic E-state index is 16.9. The summed E-state index contributed by atoms with van der Waals surface area (Å²) in [4.78, 5) is 30.0. The number of hydrogen-bond acceptors (Lipinski definition) is 8. The molecule has 242 valence electrons. The summed E-state index contributed by atoms with van der Waals surface area (Å²) in [5.41, 5.74) is -1.26. The number of piperidine rings is 1. The van der Waals surface area contributed by atoms with Gasteiger partial charge >= 0.3 is 12.0 Å². The molecule has 0 bridgehead atoms. The first-order valence-corrected chi connectivity index (χ1v) is 15.8. The van der Waals surface area contributed by atoms with Gasteiger partial charge in [-0.15, -0.1) is 6.42 Å². The van der Waals surface area contributed by atoms with Gasteiger partial charge in [-0.3, -0.25) is 9.88 Å². The molecule has 4 aliphatic heterocycles. The van der Waals surface area contributed by atoms with Crippen LogP contribution in [0, 0.1) is 24.0 Å². The fraction of sp³-hybridized carbons (Fsp3) is 0.412. The van der Waals surface area contributed by atoms with Crippen molar-refractivity contribution in [3.05, 3.63) is 47.7 Å². The Labute approximate surface area is 268 Å². The Morgan fingerprint density at radius 1 is 1.17 bits per heavy atom. The van der Waals surface area contributed by atoms with Crippen LogP contribution in [-0.4, -0.2) is 87.6 Å². The van der Waals surface area contributed by atoms with E-state index >= 15 is 4.39 Å². The fourth-order valence-electron chi connectivity index (χ4n) is 8.05. The second-order valence-electron chi connectivity index (χ2n) is 13.1. The van der Waals surface area contributed by atoms with Crippen molar-refractivity contribution in [1.82, 2.24) is 30.5 Å². The lowest BCUT2D eigenvalue weighted by atomic mass is 9.90. The molecular weight excluding hydrogens is 611 g/mol. The van der Waals surface area contributed by atoms with E-state index in [1.54, 1.807) is 0 Å². The molecule has 2 aromatic carbocycles. The third-order valence-electron chi connectivity index (χ3n) is 10.2. The number of hydrogen-bond donors (Lipinski definition) is 3. The smallest absolute Gasteiger partial charge is 0.319 e. The number of aromatic nitrogens is 3. The van der Waals surface area contributed by atoms with Crippen LogP contribution in [-0.2, 0) is 0 Å². The highest BCUT2D eigenvalue weighted by atomic mass is 19.1. The van der Waals surface area contributed by atoms with Crippen molar-refractivity contribution < 1.29 is 27.8 Å². The number of benzene rings is 2. The van der Waals surface area contributed by atoms with Crippen molar-refractivity contribution >= 4 is 33.5 Å². The Morgan fingerprint density at radius 2 is 2.02 bits per heavy atom. The van der Waals surface area contributed by atoms with Crippen LogP contribution in [0.15, 0.2) is 30.5 Å². The van der Waals surface area contributed by atoms with Crippen LogP contribution in [0.4, 0.5) is 23.8 Å². The lowest BCUT2D eigenvalue weighted by molar-refractivity contribution is 0.107. The van der Waals surface area contributed by atoms with Crippen molar-refractivity contribution in [3.63, 3.8) is 0 Å². The lowest BCUT2D eigenvalue weighted by Gasteiger charge is -2.40. The molecule has 2 aromatic heterocycles. The maximum Gasteiger partial charge on any atom is 0.319 e. The Bertz CT molecular complexity index is 2000. The summed E-state index contributed by atoms with van der Waals surface area (Å²) in [6.45, 7) is 2.70. The van der Waals surface area contributed by atoms with E-state index < -0.39 is 28.9 Å². The third kappa shape index (κ3) is 4.85. The van der Waals surface area contributed by atoms with Gasteiger partial charge in [0.15, 0.2) is 5.82 Å². The molecule has 4 fully saturated rings. The van der Waals surface area contributed by atoms with E-state index in [-0.39, 0.29) is 52.1 Å². The van der Waals surface area contributed by atoms with Crippen molar-refractivity contribution in [2.45, 2.75) is 49.4 Å². The number of rotatable bonds is 5. The minimum Gasteiger partial charge on any atom is -0.508 e. The fourth-order valence-corrected chi connectivity index (χ4v) is 8.05. The molecule has 47 heavy (non-hydrogen) atoms. The zero-order chi connectivity index (χ0) is 32.5. The molecule has 13 heteroatoms. The molecule has 0 saturated carbocycles. The molecule has 4 aromatic rings. The number of pyridine rings is 1. The normalized spacial score (nSPS) is 25.7. The molecule has 0 aliphatic carbocycles. The van der Waals surface area contributed by atoms with Gasteiger partial charge in [-0.2, -0.15) is 9.97 Å².